The van der Waals surface area contributed by atoms with Crippen molar-refractivity contribution in [2.75, 3.05) is 14.2 Å². The van der Waals surface area contributed by atoms with E-state index < -0.39 is 5.43 Å². The summed E-state index contributed by atoms with van der Waals surface area (Å²) in [5, 5.41) is 19.5. The van der Waals surface area contributed by atoms with Crippen LogP contribution in [-0.2, 0) is 0 Å². The van der Waals surface area contributed by atoms with Gasteiger partial charge in [0.2, 0.25) is 11.2 Å². The van der Waals surface area contributed by atoms with Gasteiger partial charge >= 0.3 is 0 Å². The largest absolute Gasteiger partial charge is 0.508 e. The molecule has 6 nitrogen and oxygen atoms in total. The van der Waals surface area contributed by atoms with Gasteiger partial charge in [-0.15, -0.1) is 0 Å². The van der Waals surface area contributed by atoms with Crippen molar-refractivity contribution < 1.29 is 24.1 Å². The van der Waals surface area contributed by atoms with E-state index in [1.54, 1.807) is 18.2 Å². The second kappa shape index (κ2) is 5.57. The third kappa shape index (κ3) is 2.34. The fourth-order valence-electron chi connectivity index (χ4n) is 2.38. The van der Waals surface area contributed by atoms with Gasteiger partial charge in [0.15, 0.2) is 17.3 Å². The van der Waals surface area contributed by atoms with E-state index in [1.807, 2.05) is 0 Å². The van der Waals surface area contributed by atoms with Crippen molar-refractivity contribution in [2.45, 2.75) is 0 Å². The molecule has 3 aromatic rings. The summed E-state index contributed by atoms with van der Waals surface area (Å²) in [6, 6.07) is 9.21. The highest BCUT2D eigenvalue weighted by Gasteiger charge is 2.20. The van der Waals surface area contributed by atoms with Gasteiger partial charge in [0.25, 0.3) is 0 Å². The molecule has 0 aliphatic carbocycles. The van der Waals surface area contributed by atoms with Gasteiger partial charge in [0.05, 0.1) is 14.2 Å². The first-order valence-corrected chi connectivity index (χ1v) is 6.77. The lowest BCUT2D eigenvalue weighted by Gasteiger charge is -2.11. The summed E-state index contributed by atoms with van der Waals surface area (Å²) < 4.78 is 15.9. The number of hydrogen-bond donors (Lipinski definition) is 2. The summed E-state index contributed by atoms with van der Waals surface area (Å²) in [7, 11) is 2.74. The van der Waals surface area contributed by atoms with Crippen molar-refractivity contribution >= 4 is 11.0 Å². The Hall–Kier alpha value is -3.15. The molecule has 23 heavy (non-hydrogen) atoms. The quantitative estimate of drug-likeness (QED) is 0.772. The Morgan fingerprint density at radius 3 is 2.26 bits per heavy atom. The molecule has 0 aliphatic heterocycles. The molecular formula is C17H14O6. The molecule has 3 rings (SSSR count). The van der Waals surface area contributed by atoms with Gasteiger partial charge < -0.3 is 24.1 Å². The summed E-state index contributed by atoms with van der Waals surface area (Å²) in [6.07, 6.45) is 0. The van der Waals surface area contributed by atoms with Crippen molar-refractivity contribution in [3.63, 3.8) is 0 Å². The molecule has 0 saturated carbocycles. The smallest absolute Gasteiger partial charge is 0.239 e. The minimum atomic E-state index is -0.506. The maximum atomic E-state index is 12.7. The van der Waals surface area contributed by atoms with Gasteiger partial charge in [-0.1, -0.05) is 0 Å². The normalized spacial score (nSPS) is 10.7. The van der Waals surface area contributed by atoms with E-state index >= 15 is 0 Å². The zero-order valence-electron chi connectivity index (χ0n) is 12.5. The van der Waals surface area contributed by atoms with Crippen LogP contribution in [0.5, 0.6) is 23.0 Å². The van der Waals surface area contributed by atoms with Crippen LogP contribution in [0.25, 0.3) is 22.3 Å². The molecule has 0 radical (unpaired) electrons. The summed E-state index contributed by atoms with van der Waals surface area (Å²) >= 11 is 0. The minimum absolute atomic E-state index is 0.0104. The second-order valence-electron chi connectivity index (χ2n) is 4.83. The van der Waals surface area contributed by atoms with Gasteiger partial charge in [-0.2, -0.15) is 0 Å². The summed E-state index contributed by atoms with van der Waals surface area (Å²) in [5.74, 6) is 0.151. The number of phenols is 2. The average molecular weight is 314 g/mol. The molecule has 6 heteroatoms. The molecule has 1 aromatic heterocycles. The van der Waals surface area contributed by atoms with Crippen LogP contribution in [0.3, 0.4) is 0 Å². The Bertz CT molecular complexity index is 924. The van der Waals surface area contributed by atoms with Gasteiger partial charge in [0, 0.05) is 5.56 Å². The first-order valence-electron chi connectivity index (χ1n) is 6.77. The molecule has 0 bridgehead atoms. The highest BCUT2D eigenvalue weighted by molar-refractivity contribution is 5.89. The van der Waals surface area contributed by atoms with E-state index in [9.17, 15) is 15.0 Å². The molecular weight excluding hydrogens is 300 g/mol. The lowest BCUT2D eigenvalue weighted by molar-refractivity contribution is 0.374. The van der Waals surface area contributed by atoms with Gasteiger partial charge in [-0.3, -0.25) is 4.79 Å². The fraction of sp³-hybridized carbons (Fsp3) is 0.118. The molecule has 0 atom stereocenters. The monoisotopic (exact) mass is 314 g/mol. The highest BCUT2D eigenvalue weighted by atomic mass is 16.5. The standard InChI is InChI=1S/C17H14O6/c1-21-12-8-7-11-13(14(12)19)15(20)17(22-2)16(23-11)9-3-5-10(18)6-4-9/h3-8,18-19H,1-2H3. The summed E-state index contributed by atoms with van der Waals surface area (Å²) in [5.41, 5.74) is 0.263. The number of aromatic hydroxyl groups is 2. The van der Waals surface area contributed by atoms with Gasteiger partial charge in [-0.05, 0) is 36.4 Å². The van der Waals surface area contributed by atoms with Crippen LogP contribution in [-0.4, -0.2) is 24.4 Å². The lowest BCUT2D eigenvalue weighted by atomic mass is 10.1. The van der Waals surface area contributed by atoms with Crippen LogP contribution in [0.2, 0.25) is 0 Å². The van der Waals surface area contributed by atoms with Crippen molar-refractivity contribution in [2.24, 2.45) is 0 Å². The zero-order valence-corrected chi connectivity index (χ0v) is 12.5. The van der Waals surface area contributed by atoms with E-state index in [-0.39, 0.29) is 39.7 Å². The Balaban J connectivity index is 2.37. The average Bonchev–Trinajstić information content (AvgIpc) is 2.55. The molecule has 0 fully saturated rings. The van der Waals surface area contributed by atoms with Crippen LogP contribution < -0.4 is 14.9 Å². The first-order chi connectivity index (χ1) is 11.1. The van der Waals surface area contributed by atoms with E-state index in [2.05, 4.69) is 0 Å². The highest BCUT2D eigenvalue weighted by Crippen LogP contribution is 2.37. The van der Waals surface area contributed by atoms with Crippen molar-refractivity contribution in [1.29, 1.82) is 0 Å². The summed E-state index contributed by atoms with van der Waals surface area (Å²) in [4.78, 5) is 12.7. The fourth-order valence-corrected chi connectivity index (χ4v) is 2.38. The number of benzene rings is 2. The van der Waals surface area contributed by atoms with Crippen LogP contribution in [0.1, 0.15) is 0 Å². The Kier molecular flexibility index (Phi) is 3.57. The van der Waals surface area contributed by atoms with Crippen LogP contribution in [0, 0.1) is 0 Å². The SMILES string of the molecule is COc1ccc2oc(-c3ccc(O)cc3)c(OC)c(=O)c2c1O. The van der Waals surface area contributed by atoms with E-state index in [1.165, 1.54) is 32.4 Å². The van der Waals surface area contributed by atoms with Gasteiger partial charge in [0.1, 0.15) is 16.7 Å². The Labute approximate surface area is 131 Å². The molecule has 0 aliphatic rings. The molecule has 0 unspecified atom stereocenters. The number of fused-ring (bicyclic) bond motifs is 1. The van der Waals surface area contributed by atoms with Crippen LogP contribution in [0.4, 0.5) is 0 Å². The predicted octanol–water partition coefficient (Wildman–Crippen LogP) is 2.89. The zero-order chi connectivity index (χ0) is 16.6. The van der Waals surface area contributed by atoms with Crippen molar-refractivity contribution in [3.8, 4) is 34.3 Å². The predicted molar refractivity (Wildman–Crippen MR) is 84.4 cm³/mol. The number of rotatable bonds is 3. The number of hydrogen-bond acceptors (Lipinski definition) is 6. The maximum absolute atomic E-state index is 12.7. The molecule has 0 spiro atoms. The molecule has 2 aromatic carbocycles. The number of phenolic OH excluding ortho intramolecular Hbond substituents is 2. The number of methoxy groups -OCH3 is 2. The maximum Gasteiger partial charge on any atom is 0.239 e. The van der Waals surface area contributed by atoms with Crippen molar-refractivity contribution in [3.05, 3.63) is 46.6 Å². The topological polar surface area (TPSA) is 89.1 Å². The van der Waals surface area contributed by atoms with E-state index in [0.29, 0.717) is 5.56 Å². The minimum Gasteiger partial charge on any atom is -0.508 e. The molecule has 0 amide bonds. The Morgan fingerprint density at radius 1 is 0.957 bits per heavy atom. The van der Waals surface area contributed by atoms with Crippen molar-refractivity contribution in [1.82, 2.24) is 0 Å². The molecule has 2 N–H and O–H groups in total. The van der Waals surface area contributed by atoms with Gasteiger partial charge in [-0.25, -0.2) is 0 Å². The second-order valence-corrected chi connectivity index (χ2v) is 4.83. The van der Waals surface area contributed by atoms with Crippen LogP contribution >= 0.6 is 0 Å². The van der Waals surface area contributed by atoms with E-state index in [0.717, 1.165) is 0 Å². The molecule has 1 heterocycles. The number of ether oxygens (including phenoxy) is 2. The first kappa shape index (κ1) is 14.8. The molecule has 118 valence electrons. The molecule has 0 saturated heterocycles. The van der Waals surface area contributed by atoms with E-state index in [4.69, 9.17) is 13.9 Å². The summed E-state index contributed by atoms with van der Waals surface area (Å²) in [6.45, 7) is 0. The lowest BCUT2D eigenvalue weighted by Crippen LogP contribution is -2.08. The third-order valence-electron chi connectivity index (χ3n) is 3.51. The Morgan fingerprint density at radius 2 is 1.65 bits per heavy atom. The third-order valence-corrected chi connectivity index (χ3v) is 3.51. The van der Waals surface area contributed by atoms with Crippen LogP contribution in [0.15, 0.2) is 45.6 Å².